The van der Waals surface area contributed by atoms with E-state index >= 15 is 0 Å². The number of hydrogen-bond acceptors (Lipinski definition) is 5. The molecule has 0 radical (unpaired) electrons. The number of halogens is 1. The Morgan fingerprint density at radius 1 is 1.23 bits per heavy atom. The summed E-state index contributed by atoms with van der Waals surface area (Å²) in [5, 5.41) is 13.4. The molecule has 5 nitrogen and oxygen atoms in total. The average Bonchev–Trinajstić information content (AvgIpc) is 2.59. The predicted molar refractivity (Wildman–Crippen MR) is 97.1 cm³/mol. The van der Waals surface area contributed by atoms with Crippen LogP contribution in [0.3, 0.4) is 0 Å². The second-order valence-electron chi connectivity index (χ2n) is 5.60. The van der Waals surface area contributed by atoms with Gasteiger partial charge in [-0.1, -0.05) is 18.2 Å². The number of nitrogens with one attached hydrogen (secondary N) is 1. The minimum Gasteiger partial charge on any atom is -0.455 e. The van der Waals surface area contributed by atoms with E-state index in [1.54, 1.807) is 18.2 Å². The van der Waals surface area contributed by atoms with Crippen molar-refractivity contribution >= 4 is 29.3 Å². The van der Waals surface area contributed by atoms with Crippen molar-refractivity contribution in [1.82, 2.24) is 0 Å². The number of ether oxygens (including phenoxy) is 1. The number of rotatable bonds is 6. The third-order valence-corrected chi connectivity index (χ3v) is 4.15. The minimum atomic E-state index is -0.681. The number of anilines is 1. The molecule has 0 fully saturated rings. The van der Waals surface area contributed by atoms with E-state index in [0.29, 0.717) is 5.69 Å². The molecule has 0 bridgehead atoms. The predicted octanol–water partition coefficient (Wildman–Crippen LogP) is 3.74. The fourth-order valence-electron chi connectivity index (χ4n) is 2.40. The molecule has 1 amide bonds. The van der Waals surface area contributed by atoms with Crippen molar-refractivity contribution in [3.8, 4) is 5.40 Å². The number of nitriles is 1. The molecule has 0 saturated carbocycles. The molecule has 0 aromatic heterocycles. The lowest BCUT2D eigenvalue weighted by Gasteiger charge is -2.13. The SMILES string of the molecule is Cc1cc(SC#N)cc(C)c1NC(=O)COC(=O)Cc1ccccc1F. The third-order valence-electron chi connectivity index (χ3n) is 3.59. The highest BCUT2D eigenvalue weighted by Gasteiger charge is 2.13. The first-order valence-corrected chi connectivity index (χ1v) is 8.58. The van der Waals surface area contributed by atoms with Gasteiger partial charge in [0.05, 0.1) is 6.42 Å². The van der Waals surface area contributed by atoms with Gasteiger partial charge in [-0.25, -0.2) is 4.39 Å². The van der Waals surface area contributed by atoms with Crippen molar-refractivity contribution in [3.05, 3.63) is 58.9 Å². The number of hydrogen-bond donors (Lipinski definition) is 1. The van der Waals surface area contributed by atoms with Crippen LogP contribution in [0, 0.1) is 30.3 Å². The van der Waals surface area contributed by atoms with E-state index in [4.69, 9.17) is 10.00 Å². The van der Waals surface area contributed by atoms with Crippen molar-refractivity contribution in [2.45, 2.75) is 25.2 Å². The number of thiocyanates is 1. The number of thioether (sulfide) groups is 1. The Bertz CT molecular complexity index is 854. The number of carbonyl (C=O) groups excluding carboxylic acids is 2. The van der Waals surface area contributed by atoms with Crippen LogP contribution in [0.15, 0.2) is 41.3 Å². The summed E-state index contributed by atoms with van der Waals surface area (Å²) >= 11 is 1.04. The molecule has 2 aromatic carbocycles. The fourth-order valence-corrected chi connectivity index (χ4v) is 2.98. The van der Waals surface area contributed by atoms with Crippen LogP contribution in [0.25, 0.3) is 0 Å². The monoisotopic (exact) mass is 372 g/mol. The Morgan fingerprint density at radius 3 is 2.50 bits per heavy atom. The maximum Gasteiger partial charge on any atom is 0.310 e. The largest absolute Gasteiger partial charge is 0.455 e. The van der Waals surface area contributed by atoms with Crippen molar-refractivity contribution < 1.29 is 18.7 Å². The molecule has 26 heavy (non-hydrogen) atoms. The molecule has 0 aliphatic heterocycles. The Hall–Kier alpha value is -2.85. The molecule has 0 heterocycles. The van der Waals surface area contributed by atoms with Crippen LogP contribution < -0.4 is 5.32 Å². The molecule has 0 unspecified atom stereocenters. The number of benzene rings is 2. The molecule has 0 atom stereocenters. The van der Waals surface area contributed by atoms with Crippen molar-refractivity contribution in [2.75, 3.05) is 11.9 Å². The van der Waals surface area contributed by atoms with E-state index in [9.17, 15) is 14.0 Å². The van der Waals surface area contributed by atoms with Crippen LogP contribution in [-0.4, -0.2) is 18.5 Å². The van der Waals surface area contributed by atoms with Crippen LogP contribution in [0.4, 0.5) is 10.1 Å². The standard InChI is InChI=1S/C19H17FN2O3S/c1-12-7-15(26-11-21)8-13(2)19(12)22-17(23)10-25-18(24)9-14-5-3-4-6-16(14)20/h3-8H,9-10H2,1-2H3,(H,22,23). The molecule has 7 heteroatoms. The van der Waals surface area contributed by atoms with Crippen LogP contribution in [0.5, 0.6) is 0 Å². The van der Waals surface area contributed by atoms with Gasteiger partial charge in [-0.3, -0.25) is 9.59 Å². The van der Waals surface area contributed by atoms with Crippen LogP contribution in [-0.2, 0) is 20.7 Å². The second-order valence-corrected chi connectivity index (χ2v) is 6.46. The van der Waals surface area contributed by atoms with Gasteiger partial charge < -0.3 is 10.1 Å². The molecule has 2 aromatic rings. The first-order chi connectivity index (χ1) is 12.4. The highest BCUT2D eigenvalue weighted by Crippen LogP contribution is 2.27. The van der Waals surface area contributed by atoms with Gasteiger partial charge in [-0.2, -0.15) is 5.26 Å². The van der Waals surface area contributed by atoms with E-state index in [0.717, 1.165) is 27.8 Å². The van der Waals surface area contributed by atoms with Crippen molar-refractivity contribution in [2.24, 2.45) is 0 Å². The summed E-state index contributed by atoms with van der Waals surface area (Å²) in [5.74, 6) is -1.66. The van der Waals surface area contributed by atoms with Crippen LogP contribution >= 0.6 is 11.8 Å². The zero-order valence-corrected chi connectivity index (χ0v) is 15.2. The molecular weight excluding hydrogens is 355 g/mol. The highest BCUT2D eigenvalue weighted by molar-refractivity contribution is 8.03. The summed E-state index contributed by atoms with van der Waals surface area (Å²) < 4.78 is 18.4. The van der Waals surface area contributed by atoms with Gasteiger partial charge in [0.2, 0.25) is 0 Å². The Kier molecular flexibility index (Phi) is 6.75. The van der Waals surface area contributed by atoms with Gasteiger partial charge in [-0.15, -0.1) is 0 Å². The lowest BCUT2D eigenvalue weighted by molar-refractivity contribution is -0.146. The Balaban J connectivity index is 1.92. The molecule has 1 N–H and O–H groups in total. The van der Waals surface area contributed by atoms with E-state index in [1.165, 1.54) is 18.2 Å². The summed E-state index contributed by atoms with van der Waals surface area (Å²) in [4.78, 5) is 24.6. The van der Waals surface area contributed by atoms with Gasteiger partial charge in [0.25, 0.3) is 5.91 Å². The van der Waals surface area contributed by atoms with Crippen molar-refractivity contribution in [1.29, 1.82) is 5.26 Å². The number of nitrogens with zero attached hydrogens (tertiary/aromatic N) is 1. The van der Waals surface area contributed by atoms with E-state index in [-0.39, 0.29) is 12.0 Å². The zero-order valence-electron chi connectivity index (χ0n) is 14.3. The molecule has 134 valence electrons. The summed E-state index contributed by atoms with van der Waals surface area (Å²) in [6.45, 7) is 3.17. The van der Waals surface area contributed by atoms with Crippen LogP contribution in [0.1, 0.15) is 16.7 Å². The molecule has 0 aliphatic rings. The average molecular weight is 372 g/mol. The second kappa shape index (κ2) is 9.02. The van der Waals surface area contributed by atoms with Gasteiger partial charge in [0.15, 0.2) is 6.61 Å². The smallest absolute Gasteiger partial charge is 0.310 e. The van der Waals surface area contributed by atoms with E-state index in [2.05, 4.69) is 5.32 Å². The molecule has 0 saturated heterocycles. The summed E-state index contributed by atoms with van der Waals surface area (Å²) in [7, 11) is 0. The Morgan fingerprint density at radius 2 is 1.88 bits per heavy atom. The number of aryl methyl sites for hydroxylation is 2. The number of carbonyl (C=O) groups is 2. The van der Waals surface area contributed by atoms with Crippen LogP contribution in [0.2, 0.25) is 0 Å². The number of amides is 1. The van der Waals surface area contributed by atoms with E-state index in [1.807, 2.05) is 19.2 Å². The normalized spacial score (nSPS) is 10.1. The fraction of sp³-hybridized carbons (Fsp3) is 0.211. The van der Waals surface area contributed by atoms with Crippen molar-refractivity contribution in [3.63, 3.8) is 0 Å². The topological polar surface area (TPSA) is 79.2 Å². The third kappa shape index (κ3) is 5.33. The van der Waals surface area contributed by atoms with Gasteiger partial charge >= 0.3 is 5.97 Å². The molecule has 0 aliphatic carbocycles. The minimum absolute atomic E-state index is 0.218. The quantitative estimate of drug-likeness (QED) is 0.475. The first-order valence-electron chi connectivity index (χ1n) is 7.76. The molecule has 2 rings (SSSR count). The zero-order chi connectivity index (χ0) is 19.1. The van der Waals surface area contributed by atoms with Gasteiger partial charge in [0, 0.05) is 10.6 Å². The maximum atomic E-state index is 13.5. The summed E-state index contributed by atoms with van der Waals surface area (Å²) in [6, 6.07) is 9.49. The number of esters is 1. The highest BCUT2D eigenvalue weighted by atomic mass is 32.2. The summed E-state index contributed by atoms with van der Waals surface area (Å²) in [5.41, 5.74) is 2.43. The van der Waals surface area contributed by atoms with Gasteiger partial charge in [0.1, 0.15) is 11.2 Å². The summed E-state index contributed by atoms with van der Waals surface area (Å²) in [6.07, 6.45) is -0.238. The Labute approximate surface area is 155 Å². The van der Waals surface area contributed by atoms with Gasteiger partial charge in [-0.05, 0) is 60.5 Å². The first kappa shape index (κ1) is 19.5. The molecule has 0 spiro atoms. The lowest BCUT2D eigenvalue weighted by Crippen LogP contribution is -2.22. The maximum absolute atomic E-state index is 13.5. The molecular formula is C19H17FN2O3S. The lowest BCUT2D eigenvalue weighted by atomic mass is 10.1. The van der Waals surface area contributed by atoms with E-state index < -0.39 is 24.3 Å².